The second-order valence-electron chi connectivity index (χ2n) is 7.94. The molecule has 4 aliphatic carbocycles. The molecule has 0 unspecified atom stereocenters. The molecule has 1 aromatic rings. The third kappa shape index (κ3) is 3.10. The largest absolute Gasteiger partial charge is 0.338 e. The highest BCUT2D eigenvalue weighted by Crippen LogP contribution is 2.53. The maximum absolute atomic E-state index is 12.2. The van der Waals surface area contributed by atoms with Crippen molar-refractivity contribution in [3.05, 3.63) is 18.2 Å². The van der Waals surface area contributed by atoms with E-state index >= 15 is 0 Å². The minimum atomic E-state index is 0.0322. The number of urea groups is 1. The molecule has 4 fully saturated rings. The number of imidazole rings is 1. The van der Waals surface area contributed by atoms with Crippen LogP contribution in [0.4, 0.5) is 4.79 Å². The molecular weight excluding hydrogens is 288 g/mol. The van der Waals surface area contributed by atoms with Gasteiger partial charge in [-0.25, -0.2) is 9.78 Å². The van der Waals surface area contributed by atoms with Gasteiger partial charge in [-0.05, 0) is 69.1 Å². The lowest BCUT2D eigenvalue weighted by molar-refractivity contribution is -0.00940. The molecule has 5 rings (SSSR count). The minimum absolute atomic E-state index is 0.0322. The zero-order valence-electron chi connectivity index (χ0n) is 14.0. The summed E-state index contributed by atoms with van der Waals surface area (Å²) in [6, 6.07) is 0.462. The lowest BCUT2D eigenvalue weighted by atomic mass is 9.54. The summed E-state index contributed by atoms with van der Waals surface area (Å²) < 4.78 is 2.12. The second kappa shape index (κ2) is 6.17. The van der Waals surface area contributed by atoms with Crippen LogP contribution in [0.25, 0.3) is 0 Å². The van der Waals surface area contributed by atoms with Gasteiger partial charge in [0.1, 0.15) is 0 Å². The fraction of sp³-hybridized carbons (Fsp3) is 0.778. The number of nitrogens with one attached hydrogen (secondary N) is 2. The van der Waals surface area contributed by atoms with Crippen LogP contribution in [0.15, 0.2) is 12.5 Å². The van der Waals surface area contributed by atoms with Crippen LogP contribution in [-0.2, 0) is 6.54 Å². The zero-order chi connectivity index (χ0) is 15.8. The first kappa shape index (κ1) is 15.0. The van der Waals surface area contributed by atoms with Crippen LogP contribution >= 0.6 is 0 Å². The van der Waals surface area contributed by atoms with Gasteiger partial charge in [0.05, 0.1) is 6.33 Å². The molecule has 0 spiro atoms. The van der Waals surface area contributed by atoms with Crippen molar-refractivity contribution in [2.24, 2.45) is 23.7 Å². The van der Waals surface area contributed by atoms with E-state index < -0.39 is 0 Å². The average Bonchev–Trinajstić information content (AvgIpc) is 2.92. The van der Waals surface area contributed by atoms with E-state index in [2.05, 4.69) is 27.1 Å². The molecule has 1 aromatic heterocycles. The van der Waals surface area contributed by atoms with E-state index in [0.717, 1.165) is 43.2 Å². The van der Waals surface area contributed by atoms with Crippen LogP contribution in [0.5, 0.6) is 0 Å². The summed E-state index contributed by atoms with van der Waals surface area (Å²) in [7, 11) is 0. The summed E-state index contributed by atoms with van der Waals surface area (Å²) in [5, 5.41) is 6.34. The third-order valence-corrected chi connectivity index (χ3v) is 6.31. The van der Waals surface area contributed by atoms with Crippen molar-refractivity contribution < 1.29 is 4.79 Å². The van der Waals surface area contributed by atoms with E-state index in [1.54, 1.807) is 0 Å². The fourth-order valence-electron chi connectivity index (χ4n) is 5.44. The Bertz CT molecular complexity index is 539. The van der Waals surface area contributed by atoms with Gasteiger partial charge in [-0.2, -0.15) is 0 Å². The Morgan fingerprint density at radius 2 is 1.91 bits per heavy atom. The molecule has 0 atom stereocenters. The molecule has 4 bridgehead atoms. The van der Waals surface area contributed by atoms with Crippen molar-refractivity contribution in [3.8, 4) is 0 Å². The van der Waals surface area contributed by atoms with Crippen LogP contribution in [0.3, 0.4) is 0 Å². The predicted molar refractivity (Wildman–Crippen MR) is 88.9 cm³/mol. The molecule has 0 radical (unpaired) electrons. The van der Waals surface area contributed by atoms with Gasteiger partial charge in [0.2, 0.25) is 0 Å². The summed E-state index contributed by atoms with van der Waals surface area (Å²) in [6.45, 7) is 3.68. The van der Waals surface area contributed by atoms with Gasteiger partial charge in [-0.3, -0.25) is 0 Å². The van der Waals surface area contributed by atoms with Crippen molar-refractivity contribution in [3.63, 3.8) is 0 Å². The average molecular weight is 316 g/mol. The van der Waals surface area contributed by atoms with Gasteiger partial charge >= 0.3 is 6.03 Å². The molecule has 4 saturated carbocycles. The van der Waals surface area contributed by atoms with Crippen molar-refractivity contribution in [2.75, 3.05) is 6.54 Å². The van der Waals surface area contributed by atoms with Crippen LogP contribution in [0.1, 0.15) is 44.2 Å². The Hall–Kier alpha value is -1.52. The quantitative estimate of drug-likeness (QED) is 0.821. The highest BCUT2D eigenvalue weighted by atomic mass is 16.2. The Labute approximate surface area is 138 Å². The summed E-state index contributed by atoms with van der Waals surface area (Å²) in [5.74, 6) is 3.39. The molecule has 126 valence electrons. The van der Waals surface area contributed by atoms with Gasteiger partial charge in [0, 0.05) is 31.0 Å². The van der Waals surface area contributed by atoms with Crippen molar-refractivity contribution >= 4 is 6.03 Å². The monoisotopic (exact) mass is 316 g/mol. The maximum Gasteiger partial charge on any atom is 0.315 e. The number of aryl methyl sites for hydroxylation is 2. The number of carbonyl (C=O) groups is 1. The van der Waals surface area contributed by atoms with Gasteiger partial charge in [0.15, 0.2) is 0 Å². The molecule has 2 amide bonds. The maximum atomic E-state index is 12.2. The Morgan fingerprint density at radius 1 is 1.22 bits per heavy atom. The number of aromatic nitrogens is 2. The van der Waals surface area contributed by atoms with E-state index in [9.17, 15) is 4.79 Å². The van der Waals surface area contributed by atoms with Crippen LogP contribution in [0.2, 0.25) is 0 Å². The number of hydrogen-bond donors (Lipinski definition) is 2. The molecule has 5 nitrogen and oxygen atoms in total. The smallest absolute Gasteiger partial charge is 0.315 e. The standard InChI is InChI=1S/C18H28N4O/c1-12-10-19-11-22(12)4-2-3-20-18(23)21-17-15-6-13-5-14(8-15)9-16(17)7-13/h10-11,13-17H,2-9H2,1H3,(H2,20,21,23). The van der Waals surface area contributed by atoms with Crippen LogP contribution < -0.4 is 10.6 Å². The molecule has 2 N–H and O–H groups in total. The van der Waals surface area contributed by atoms with Crippen LogP contribution in [0, 0.1) is 30.6 Å². The molecule has 0 aliphatic heterocycles. The highest BCUT2D eigenvalue weighted by molar-refractivity contribution is 5.74. The predicted octanol–water partition coefficient (Wildman–Crippen LogP) is 2.71. The number of amides is 2. The van der Waals surface area contributed by atoms with Gasteiger partial charge in [0.25, 0.3) is 0 Å². The first-order chi connectivity index (χ1) is 11.2. The van der Waals surface area contributed by atoms with Gasteiger partial charge in [-0.15, -0.1) is 0 Å². The molecule has 1 heterocycles. The Kier molecular flexibility index (Phi) is 4.04. The molecule has 4 aliphatic rings. The Balaban J connectivity index is 1.21. The van der Waals surface area contributed by atoms with E-state index in [0.29, 0.717) is 6.04 Å². The SMILES string of the molecule is Cc1cncn1CCCNC(=O)NC1C2CC3CC(C2)CC1C3. The third-order valence-electron chi connectivity index (χ3n) is 6.31. The number of hydrogen-bond acceptors (Lipinski definition) is 2. The van der Waals surface area contributed by atoms with E-state index in [4.69, 9.17) is 0 Å². The van der Waals surface area contributed by atoms with Gasteiger partial charge < -0.3 is 15.2 Å². The van der Waals surface area contributed by atoms with E-state index in [1.807, 2.05) is 12.5 Å². The van der Waals surface area contributed by atoms with Crippen molar-refractivity contribution in [1.29, 1.82) is 0 Å². The lowest BCUT2D eigenvalue weighted by Crippen LogP contribution is -2.57. The second-order valence-corrected chi connectivity index (χ2v) is 7.94. The molecule has 0 saturated heterocycles. The Morgan fingerprint density at radius 3 is 2.52 bits per heavy atom. The van der Waals surface area contributed by atoms with E-state index in [1.165, 1.54) is 37.8 Å². The fourth-order valence-corrected chi connectivity index (χ4v) is 5.44. The topological polar surface area (TPSA) is 59.0 Å². The van der Waals surface area contributed by atoms with Crippen molar-refractivity contribution in [1.82, 2.24) is 20.2 Å². The molecule has 0 aromatic carbocycles. The molecule has 5 heteroatoms. The normalized spacial score (nSPS) is 34.6. The first-order valence-electron chi connectivity index (χ1n) is 9.20. The summed E-state index contributed by atoms with van der Waals surface area (Å²) in [5.41, 5.74) is 1.17. The highest BCUT2D eigenvalue weighted by Gasteiger charge is 2.48. The minimum Gasteiger partial charge on any atom is -0.338 e. The zero-order valence-corrected chi connectivity index (χ0v) is 14.0. The number of rotatable bonds is 5. The van der Waals surface area contributed by atoms with E-state index in [-0.39, 0.29) is 6.03 Å². The molecular formula is C18H28N4O. The van der Waals surface area contributed by atoms with Crippen LogP contribution in [-0.4, -0.2) is 28.2 Å². The van der Waals surface area contributed by atoms with Gasteiger partial charge in [-0.1, -0.05) is 0 Å². The molecule has 23 heavy (non-hydrogen) atoms. The van der Waals surface area contributed by atoms with Crippen molar-refractivity contribution in [2.45, 2.75) is 58.0 Å². The first-order valence-corrected chi connectivity index (χ1v) is 9.20. The lowest BCUT2D eigenvalue weighted by Gasteiger charge is -2.54. The number of carbonyl (C=O) groups excluding carboxylic acids is 1. The number of nitrogens with zero attached hydrogens (tertiary/aromatic N) is 2. The summed E-state index contributed by atoms with van der Waals surface area (Å²) in [6.07, 6.45) is 11.5. The summed E-state index contributed by atoms with van der Waals surface area (Å²) in [4.78, 5) is 16.3. The summed E-state index contributed by atoms with van der Waals surface area (Å²) >= 11 is 0.